The van der Waals surface area contributed by atoms with Crippen molar-refractivity contribution in [1.29, 1.82) is 0 Å². The van der Waals surface area contributed by atoms with E-state index in [-0.39, 0.29) is 66.4 Å². The van der Waals surface area contributed by atoms with Gasteiger partial charge in [0.05, 0.1) is 30.0 Å². The van der Waals surface area contributed by atoms with E-state index in [4.69, 9.17) is 14.2 Å². The molecule has 2 N–H and O–H groups in total. The van der Waals surface area contributed by atoms with Crippen molar-refractivity contribution in [3.05, 3.63) is 58.5 Å². The molecule has 14 nitrogen and oxygen atoms in total. The Morgan fingerprint density at radius 1 is 0.911 bits per heavy atom. The number of carbonyl (C=O) groups is 6. The normalized spacial score (nSPS) is 16.9. The fraction of sp³-hybridized carbons (Fsp3) is 0.462. The predicted octanol–water partition coefficient (Wildman–Crippen LogP) is 4.59. The van der Waals surface area contributed by atoms with Crippen LogP contribution in [0, 0.1) is 11.6 Å². The van der Waals surface area contributed by atoms with E-state index in [1.807, 2.05) is 0 Å². The van der Waals surface area contributed by atoms with Crippen LogP contribution in [0.2, 0.25) is 0 Å². The number of morpholine rings is 1. The number of piperidine rings is 1. The number of thiazole rings is 1. The van der Waals surface area contributed by atoms with E-state index in [1.54, 1.807) is 5.38 Å². The molecule has 1 atom stereocenters. The van der Waals surface area contributed by atoms with Crippen LogP contribution in [-0.4, -0.2) is 97.3 Å². The van der Waals surface area contributed by atoms with Crippen LogP contribution in [0.25, 0.3) is 11.3 Å². The summed E-state index contributed by atoms with van der Waals surface area (Å²) in [7, 11) is 0. The zero-order chi connectivity index (χ0) is 39.6. The van der Waals surface area contributed by atoms with Crippen LogP contribution in [0.5, 0.6) is 11.5 Å². The number of hydrogen-bond donors (Lipinski definition) is 2. The quantitative estimate of drug-likeness (QED) is 0.128. The number of imide groups is 2. The molecule has 6 rings (SSSR count). The van der Waals surface area contributed by atoms with Crippen LogP contribution in [0.3, 0.4) is 0 Å². The van der Waals surface area contributed by atoms with E-state index in [2.05, 4.69) is 20.5 Å². The van der Waals surface area contributed by atoms with Gasteiger partial charge in [-0.25, -0.2) is 9.37 Å². The van der Waals surface area contributed by atoms with Crippen LogP contribution >= 0.6 is 11.3 Å². The number of halogens is 2. The van der Waals surface area contributed by atoms with Gasteiger partial charge in [-0.2, -0.15) is 4.39 Å². The molecule has 0 spiro atoms. The smallest absolute Gasteiger partial charge is 0.266 e. The number of aromatic nitrogens is 1. The van der Waals surface area contributed by atoms with Gasteiger partial charge in [0.1, 0.15) is 18.4 Å². The number of unbranched alkanes of at least 4 members (excludes halogenated alkanes) is 6. The third-order valence-electron chi connectivity index (χ3n) is 9.72. The Morgan fingerprint density at radius 3 is 2.43 bits per heavy atom. The van der Waals surface area contributed by atoms with Gasteiger partial charge in [-0.15, -0.1) is 11.3 Å². The number of nitrogens with zero attached hydrogens (tertiary/aromatic N) is 3. The number of ketones is 1. The highest BCUT2D eigenvalue weighted by atomic mass is 32.1. The highest BCUT2D eigenvalue weighted by molar-refractivity contribution is 7.14. The number of rotatable bonds is 19. The number of carbonyl (C=O) groups excluding carboxylic acids is 6. The molecule has 0 saturated carbocycles. The standard InChI is InChI=1S/C39H43F2N5O9S/c40-27-13-12-25(28-23-56-39(43-28)45-17-19-53-20-18-45)35(34(27)41)55-21-24(47)9-6-4-2-1-3-5-7-16-42-32(49)22-54-30-11-8-10-26-33(30)38(52)46(37(26)51)29-14-15-31(48)44-36(29)50/h8,10-13,23,29H,1-7,9,14-22H2,(H,42,49)(H,44,48,50). The lowest BCUT2D eigenvalue weighted by molar-refractivity contribution is -0.136. The molecule has 1 aromatic heterocycles. The molecule has 0 radical (unpaired) electrons. The summed E-state index contributed by atoms with van der Waals surface area (Å²) in [5.41, 5.74) is 0.775. The molecule has 3 aliphatic heterocycles. The van der Waals surface area contributed by atoms with Crippen molar-refractivity contribution in [2.75, 3.05) is 51.0 Å². The maximum atomic E-state index is 14.8. The Labute approximate surface area is 325 Å². The van der Waals surface area contributed by atoms with Crippen molar-refractivity contribution < 1.29 is 51.8 Å². The summed E-state index contributed by atoms with van der Waals surface area (Å²) in [6.45, 7) is 2.23. The largest absolute Gasteiger partial charge is 0.483 e. The predicted molar refractivity (Wildman–Crippen MR) is 200 cm³/mol. The molecule has 2 aromatic carbocycles. The molecule has 298 valence electrons. The summed E-state index contributed by atoms with van der Waals surface area (Å²) in [6, 6.07) is 5.78. The number of benzene rings is 2. The summed E-state index contributed by atoms with van der Waals surface area (Å²) in [6.07, 6.45) is 6.17. The summed E-state index contributed by atoms with van der Waals surface area (Å²) >= 11 is 1.39. The molecule has 2 saturated heterocycles. The SMILES string of the molecule is O=C(CCCCCCCCCNC(=O)COc1cccc2c1C(=O)N(C1CCC(=O)NC1=O)C2=O)COc1c(-c2csc(N3CCOCC3)n2)ccc(F)c1F. The topological polar surface area (TPSA) is 174 Å². The van der Waals surface area contributed by atoms with E-state index >= 15 is 0 Å². The third kappa shape index (κ3) is 9.74. The molecule has 3 aromatic rings. The average Bonchev–Trinajstić information content (AvgIpc) is 3.78. The van der Waals surface area contributed by atoms with Crippen molar-refractivity contribution in [2.24, 2.45) is 0 Å². The van der Waals surface area contributed by atoms with Gasteiger partial charge in [-0.1, -0.05) is 38.2 Å². The van der Waals surface area contributed by atoms with E-state index in [0.29, 0.717) is 45.0 Å². The van der Waals surface area contributed by atoms with Gasteiger partial charge in [0.2, 0.25) is 17.6 Å². The van der Waals surface area contributed by atoms with Crippen molar-refractivity contribution in [2.45, 2.75) is 70.3 Å². The third-order valence-corrected chi connectivity index (χ3v) is 10.6. The fourth-order valence-electron chi connectivity index (χ4n) is 6.74. The lowest BCUT2D eigenvalue weighted by Gasteiger charge is -2.27. The molecule has 56 heavy (non-hydrogen) atoms. The number of ether oxygens (including phenoxy) is 3. The van der Waals surface area contributed by atoms with Crippen molar-refractivity contribution in [3.8, 4) is 22.8 Å². The molecular formula is C39H43F2N5O9S. The minimum Gasteiger partial charge on any atom is -0.483 e. The Kier molecular flexibility index (Phi) is 13.7. The zero-order valence-corrected chi connectivity index (χ0v) is 31.6. The van der Waals surface area contributed by atoms with Crippen LogP contribution in [0.15, 0.2) is 35.7 Å². The van der Waals surface area contributed by atoms with Gasteiger partial charge in [0, 0.05) is 43.4 Å². The van der Waals surface area contributed by atoms with Crippen LogP contribution in [-0.2, 0) is 23.9 Å². The zero-order valence-electron chi connectivity index (χ0n) is 30.7. The number of hydrogen-bond acceptors (Lipinski definition) is 12. The van der Waals surface area contributed by atoms with Gasteiger partial charge in [-0.05, 0) is 43.5 Å². The van der Waals surface area contributed by atoms with Gasteiger partial charge < -0.3 is 24.4 Å². The Bertz CT molecular complexity index is 1970. The molecule has 4 heterocycles. The summed E-state index contributed by atoms with van der Waals surface area (Å²) in [5.74, 6) is -5.65. The minimum absolute atomic E-state index is 0.00622. The monoisotopic (exact) mass is 795 g/mol. The second-order valence-electron chi connectivity index (χ2n) is 13.7. The van der Waals surface area contributed by atoms with Crippen molar-refractivity contribution in [1.82, 2.24) is 20.5 Å². The Balaban J connectivity index is 0.832. The maximum Gasteiger partial charge on any atom is 0.266 e. The molecular weight excluding hydrogens is 753 g/mol. The van der Waals surface area contributed by atoms with E-state index in [9.17, 15) is 37.5 Å². The first-order valence-corrected chi connectivity index (χ1v) is 19.7. The van der Waals surface area contributed by atoms with E-state index in [0.717, 1.165) is 54.6 Å². The fourth-order valence-corrected chi connectivity index (χ4v) is 7.62. The lowest BCUT2D eigenvalue weighted by Crippen LogP contribution is -2.54. The van der Waals surface area contributed by atoms with Gasteiger partial charge >= 0.3 is 0 Å². The summed E-state index contributed by atoms with van der Waals surface area (Å²) in [4.78, 5) is 82.5. The summed E-state index contributed by atoms with van der Waals surface area (Å²) in [5, 5.41) is 7.44. The first-order chi connectivity index (χ1) is 27.1. The first kappa shape index (κ1) is 40.4. The van der Waals surface area contributed by atoms with E-state index in [1.165, 1.54) is 35.6 Å². The molecule has 3 aliphatic rings. The second kappa shape index (κ2) is 19.0. The number of anilines is 1. The second-order valence-corrected chi connectivity index (χ2v) is 14.5. The Morgan fingerprint density at radius 2 is 1.66 bits per heavy atom. The van der Waals surface area contributed by atoms with E-state index < -0.39 is 47.2 Å². The first-order valence-electron chi connectivity index (χ1n) is 18.8. The van der Waals surface area contributed by atoms with Crippen LogP contribution in [0.1, 0.15) is 84.9 Å². The number of Topliss-reactive ketones (excluding diaryl/α,β-unsaturated/α-hetero) is 1. The highest BCUT2D eigenvalue weighted by Crippen LogP contribution is 2.37. The minimum atomic E-state index is -1.16. The summed E-state index contributed by atoms with van der Waals surface area (Å²) < 4.78 is 45.5. The molecule has 5 amide bonds. The number of amides is 5. The highest BCUT2D eigenvalue weighted by Gasteiger charge is 2.46. The van der Waals surface area contributed by atoms with Gasteiger partial charge in [0.15, 0.2) is 29.1 Å². The maximum absolute atomic E-state index is 14.8. The van der Waals surface area contributed by atoms with Gasteiger partial charge in [0.25, 0.3) is 17.7 Å². The number of fused-ring (bicyclic) bond motifs is 1. The molecule has 17 heteroatoms. The Hall–Kier alpha value is -5.29. The number of nitrogens with one attached hydrogen (secondary N) is 2. The molecule has 0 aliphatic carbocycles. The van der Waals surface area contributed by atoms with Crippen molar-refractivity contribution >= 4 is 51.8 Å². The molecule has 2 fully saturated rings. The van der Waals surface area contributed by atoms with Gasteiger partial charge in [-0.3, -0.25) is 39.0 Å². The average molecular weight is 796 g/mol. The molecule has 1 unspecified atom stereocenters. The van der Waals surface area contributed by atoms with Crippen molar-refractivity contribution in [3.63, 3.8) is 0 Å². The lowest BCUT2D eigenvalue weighted by atomic mass is 10.0. The van der Waals surface area contributed by atoms with Crippen LogP contribution < -0.4 is 25.0 Å². The van der Waals surface area contributed by atoms with Crippen LogP contribution in [0.4, 0.5) is 13.9 Å². The molecule has 0 bridgehead atoms.